The predicted molar refractivity (Wildman–Crippen MR) is 103 cm³/mol. The number of hydrogen-bond donors (Lipinski definition) is 1. The molecule has 2 N–H and O–H groups in total. The first kappa shape index (κ1) is 18.7. The van der Waals surface area contributed by atoms with E-state index >= 15 is 0 Å². The fourth-order valence-corrected chi connectivity index (χ4v) is 4.98. The number of likely N-dealkylation sites (tertiary alicyclic amines) is 1. The van der Waals surface area contributed by atoms with Gasteiger partial charge in [0.2, 0.25) is 0 Å². The summed E-state index contributed by atoms with van der Waals surface area (Å²) >= 11 is 5.26. The van der Waals surface area contributed by atoms with E-state index in [4.69, 9.17) is 10.5 Å². The van der Waals surface area contributed by atoms with Crippen molar-refractivity contribution in [2.24, 2.45) is 11.7 Å². The molecule has 126 valence electrons. The fourth-order valence-electron chi connectivity index (χ4n) is 3.24. The van der Waals surface area contributed by atoms with Crippen LogP contribution in [0.1, 0.15) is 16.4 Å². The summed E-state index contributed by atoms with van der Waals surface area (Å²) < 4.78 is 6.40. The molecule has 1 aromatic carbocycles. The second-order valence-corrected chi connectivity index (χ2v) is 7.71. The molecule has 2 heterocycles. The van der Waals surface area contributed by atoms with Crippen molar-refractivity contribution in [2.75, 3.05) is 26.7 Å². The van der Waals surface area contributed by atoms with Crippen LogP contribution >= 0.6 is 39.7 Å². The Labute approximate surface area is 156 Å². The van der Waals surface area contributed by atoms with E-state index in [2.05, 4.69) is 57.2 Å². The van der Waals surface area contributed by atoms with Crippen molar-refractivity contribution in [3.63, 3.8) is 0 Å². The number of methoxy groups -OCH3 is 1. The first-order valence-electron chi connectivity index (χ1n) is 7.50. The number of halogens is 2. The van der Waals surface area contributed by atoms with Crippen LogP contribution in [0.2, 0.25) is 0 Å². The van der Waals surface area contributed by atoms with E-state index in [9.17, 15) is 0 Å². The minimum Gasteiger partial charge on any atom is -0.486 e. The summed E-state index contributed by atoms with van der Waals surface area (Å²) in [6.45, 7) is 3.84. The average Bonchev–Trinajstić information content (AvgIpc) is 3.11. The molecule has 3 nitrogen and oxygen atoms in total. The summed E-state index contributed by atoms with van der Waals surface area (Å²) in [5.74, 6) is 1.07. The zero-order chi connectivity index (χ0) is 15.5. The number of rotatable bonds is 5. The summed E-state index contributed by atoms with van der Waals surface area (Å²) in [5.41, 5.74) is 7.42. The molecule has 3 rings (SSSR count). The Morgan fingerprint density at radius 3 is 2.65 bits per heavy atom. The lowest BCUT2D eigenvalue weighted by atomic mass is 9.89. The number of nitrogens with two attached hydrogens (primary N) is 1. The molecular formula is C17H22BrClN2OS. The Balaban J connectivity index is 0.00000192. The Hall–Kier alpha value is -0.590. The van der Waals surface area contributed by atoms with Gasteiger partial charge in [-0.3, -0.25) is 4.90 Å². The van der Waals surface area contributed by atoms with Gasteiger partial charge in [0.05, 0.1) is 11.6 Å². The van der Waals surface area contributed by atoms with E-state index in [1.807, 2.05) is 0 Å². The number of thiophene rings is 1. The Morgan fingerprint density at radius 2 is 2.04 bits per heavy atom. The lowest BCUT2D eigenvalue weighted by Crippen LogP contribution is -2.22. The summed E-state index contributed by atoms with van der Waals surface area (Å²) in [5, 5.41) is 0.948. The van der Waals surface area contributed by atoms with Crippen molar-refractivity contribution >= 4 is 39.7 Å². The summed E-state index contributed by atoms with van der Waals surface area (Å²) in [7, 11) is 1.71. The molecule has 6 heteroatoms. The van der Waals surface area contributed by atoms with Crippen molar-refractivity contribution in [3.8, 4) is 5.06 Å². The third-order valence-corrected chi connectivity index (χ3v) is 6.25. The highest BCUT2D eigenvalue weighted by Crippen LogP contribution is 2.37. The molecule has 0 bridgehead atoms. The lowest BCUT2D eigenvalue weighted by Gasteiger charge is -2.16. The zero-order valence-corrected chi connectivity index (χ0v) is 16.3. The normalized spacial score (nSPS) is 21.2. The van der Waals surface area contributed by atoms with E-state index in [0.29, 0.717) is 11.8 Å². The van der Waals surface area contributed by atoms with Crippen LogP contribution in [-0.2, 0) is 6.54 Å². The highest BCUT2D eigenvalue weighted by atomic mass is 79.9. The van der Waals surface area contributed by atoms with Crippen LogP contribution < -0.4 is 10.5 Å². The molecule has 0 spiro atoms. The first-order valence-corrected chi connectivity index (χ1v) is 9.11. The third-order valence-electron chi connectivity index (χ3n) is 4.32. The van der Waals surface area contributed by atoms with E-state index in [1.54, 1.807) is 18.4 Å². The number of hydrogen-bond acceptors (Lipinski definition) is 4. The van der Waals surface area contributed by atoms with Crippen LogP contribution in [0, 0.1) is 5.92 Å². The Kier molecular flexibility index (Phi) is 6.92. The topological polar surface area (TPSA) is 38.5 Å². The van der Waals surface area contributed by atoms with Crippen LogP contribution in [0.4, 0.5) is 0 Å². The minimum atomic E-state index is 0. The SMILES string of the molecule is COc1sc(CN2C[C@@H](CN)[C@H](c3ccccc3)C2)cc1Br.Cl. The maximum absolute atomic E-state index is 6.02. The smallest absolute Gasteiger partial charge is 0.188 e. The highest BCUT2D eigenvalue weighted by molar-refractivity contribution is 9.10. The van der Waals surface area contributed by atoms with Gasteiger partial charge in [-0.25, -0.2) is 0 Å². The fraction of sp³-hybridized carbons (Fsp3) is 0.412. The molecule has 0 unspecified atom stereocenters. The summed E-state index contributed by atoms with van der Waals surface area (Å²) in [4.78, 5) is 3.83. The van der Waals surface area contributed by atoms with E-state index < -0.39 is 0 Å². The Morgan fingerprint density at radius 1 is 1.30 bits per heavy atom. The van der Waals surface area contributed by atoms with Gasteiger partial charge in [0.15, 0.2) is 5.06 Å². The minimum absolute atomic E-state index is 0. The van der Waals surface area contributed by atoms with Crippen LogP contribution in [0.3, 0.4) is 0 Å². The quantitative estimate of drug-likeness (QED) is 0.795. The molecule has 0 amide bonds. The molecule has 2 aromatic rings. The Bertz CT molecular complexity index is 622. The van der Waals surface area contributed by atoms with Gasteiger partial charge in [-0.1, -0.05) is 30.3 Å². The molecule has 1 aliphatic rings. The lowest BCUT2D eigenvalue weighted by molar-refractivity contribution is 0.319. The van der Waals surface area contributed by atoms with Crippen LogP contribution in [-0.4, -0.2) is 31.6 Å². The number of nitrogens with zero attached hydrogens (tertiary/aromatic N) is 1. The van der Waals surface area contributed by atoms with Gasteiger partial charge in [0.1, 0.15) is 0 Å². The largest absolute Gasteiger partial charge is 0.486 e. The van der Waals surface area contributed by atoms with Gasteiger partial charge in [0.25, 0.3) is 0 Å². The van der Waals surface area contributed by atoms with Gasteiger partial charge < -0.3 is 10.5 Å². The van der Waals surface area contributed by atoms with Crippen molar-refractivity contribution in [1.82, 2.24) is 4.90 Å². The molecule has 1 aromatic heterocycles. The molecule has 0 saturated carbocycles. The van der Waals surface area contributed by atoms with Crippen LogP contribution in [0.25, 0.3) is 0 Å². The van der Waals surface area contributed by atoms with E-state index in [0.717, 1.165) is 35.7 Å². The molecule has 2 atom stereocenters. The average molecular weight is 418 g/mol. The summed E-state index contributed by atoms with van der Waals surface area (Å²) in [6.07, 6.45) is 0. The van der Waals surface area contributed by atoms with Gasteiger partial charge in [-0.15, -0.1) is 23.7 Å². The second-order valence-electron chi connectivity index (χ2n) is 5.76. The molecule has 0 aliphatic carbocycles. The standard InChI is InChI=1S/C17H21BrN2OS.ClH/c1-21-17-16(18)7-14(22-17)10-20-9-13(8-19)15(11-20)12-5-3-2-4-6-12;/h2-7,13,15H,8-11,19H2,1H3;1H/t13-,15+;/m1./s1. The maximum Gasteiger partial charge on any atom is 0.188 e. The van der Waals surface area contributed by atoms with Crippen molar-refractivity contribution in [3.05, 3.63) is 51.3 Å². The third kappa shape index (κ3) is 4.28. The molecule has 0 radical (unpaired) electrons. The van der Waals surface area contributed by atoms with Crippen molar-refractivity contribution in [2.45, 2.75) is 12.5 Å². The van der Waals surface area contributed by atoms with Crippen molar-refractivity contribution in [1.29, 1.82) is 0 Å². The van der Waals surface area contributed by atoms with E-state index in [1.165, 1.54) is 10.4 Å². The van der Waals surface area contributed by atoms with Crippen LogP contribution in [0.5, 0.6) is 5.06 Å². The molecule has 23 heavy (non-hydrogen) atoms. The predicted octanol–water partition coefficient (Wildman–Crippen LogP) is 4.12. The van der Waals surface area contributed by atoms with Crippen LogP contribution in [0.15, 0.2) is 40.9 Å². The molecule has 1 saturated heterocycles. The number of benzene rings is 1. The maximum atomic E-state index is 6.02. The number of ether oxygens (including phenoxy) is 1. The van der Waals surface area contributed by atoms with Gasteiger partial charge in [-0.2, -0.15) is 0 Å². The molecule has 1 fully saturated rings. The molecule has 1 aliphatic heterocycles. The van der Waals surface area contributed by atoms with Gasteiger partial charge in [0, 0.05) is 30.4 Å². The van der Waals surface area contributed by atoms with Crippen molar-refractivity contribution < 1.29 is 4.74 Å². The highest BCUT2D eigenvalue weighted by Gasteiger charge is 2.32. The monoisotopic (exact) mass is 416 g/mol. The summed E-state index contributed by atoms with van der Waals surface area (Å²) in [6, 6.07) is 12.9. The van der Waals surface area contributed by atoms with Gasteiger partial charge in [-0.05, 0) is 40.0 Å². The van der Waals surface area contributed by atoms with Gasteiger partial charge >= 0.3 is 0 Å². The zero-order valence-electron chi connectivity index (χ0n) is 13.1. The second kappa shape index (κ2) is 8.49. The first-order chi connectivity index (χ1) is 10.7. The molecular weight excluding hydrogens is 396 g/mol. The van der Waals surface area contributed by atoms with E-state index in [-0.39, 0.29) is 12.4 Å².